The van der Waals surface area contributed by atoms with Crippen LogP contribution in [0.3, 0.4) is 0 Å². The van der Waals surface area contributed by atoms with Crippen molar-refractivity contribution in [1.82, 2.24) is 14.9 Å². The van der Waals surface area contributed by atoms with E-state index >= 15 is 0 Å². The summed E-state index contributed by atoms with van der Waals surface area (Å²) in [5.74, 6) is 1.63. The maximum atomic E-state index is 12.7. The molecule has 0 aliphatic carbocycles. The van der Waals surface area contributed by atoms with E-state index in [-0.39, 0.29) is 24.8 Å². The number of aromatic nitrogens is 2. The highest BCUT2D eigenvalue weighted by Crippen LogP contribution is 2.32. The highest BCUT2D eigenvalue weighted by atomic mass is 16.7. The van der Waals surface area contributed by atoms with Crippen molar-refractivity contribution in [3.8, 4) is 11.5 Å². The second-order valence-corrected chi connectivity index (χ2v) is 6.89. The van der Waals surface area contributed by atoms with Crippen LogP contribution in [0.2, 0.25) is 0 Å². The van der Waals surface area contributed by atoms with Gasteiger partial charge in [-0.15, -0.1) is 0 Å². The quantitative estimate of drug-likeness (QED) is 0.762. The average Bonchev–Trinajstić information content (AvgIpc) is 3.22. The minimum Gasteiger partial charge on any atom is -0.454 e. The van der Waals surface area contributed by atoms with Gasteiger partial charge in [0.15, 0.2) is 11.5 Å². The number of amides is 1. The van der Waals surface area contributed by atoms with E-state index < -0.39 is 0 Å². The van der Waals surface area contributed by atoms with Crippen molar-refractivity contribution in [2.75, 3.05) is 38.0 Å². The summed E-state index contributed by atoms with van der Waals surface area (Å²) in [5.41, 5.74) is 1.38. The molecule has 2 aromatic rings. The maximum absolute atomic E-state index is 12.7. The monoisotopic (exact) mass is 400 g/mol. The van der Waals surface area contributed by atoms with E-state index in [2.05, 4.69) is 10.3 Å². The molecule has 29 heavy (non-hydrogen) atoms. The van der Waals surface area contributed by atoms with Crippen molar-refractivity contribution in [1.29, 1.82) is 0 Å². The van der Waals surface area contributed by atoms with Crippen molar-refractivity contribution in [3.63, 3.8) is 0 Å². The minimum absolute atomic E-state index is 0.0902. The molecule has 1 saturated heterocycles. The number of aryl methyl sites for hydroxylation is 1. The lowest BCUT2D eigenvalue weighted by molar-refractivity contribution is -0.121. The van der Waals surface area contributed by atoms with Crippen LogP contribution in [0, 0.1) is 0 Å². The van der Waals surface area contributed by atoms with Gasteiger partial charge in [0, 0.05) is 31.4 Å². The maximum Gasteiger partial charge on any atom is 0.255 e. The predicted molar refractivity (Wildman–Crippen MR) is 105 cm³/mol. The molecule has 9 heteroatoms. The number of carbonyl (C=O) groups excluding carboxylic acids is 1. The van der Waals surface area contributed by atoms with Crippen molar-refractivity contribution < 1.29 is 19.0 Å². The summed E-state index contributed by atoms with van der Waals surface area (Å²) in [6, 6.07) is 7.02. The standard InChI is InChI=1S/C20H24N4O5/c1-2-15-10-19(26)24(20(22-15)23-5-7-27-8-6-23)12-18(25)21-11-14-3-4-16-17(9-14)29-13-28-16/h3-4,9-10H,2,5-8,11-13H2,1H3,(H,21,25). The fraction of sp³-hybridized carbons (Fsp3) is 0.450. The number of nitrogens with one attached hydrogen (secondary N) is 1. The molecule has 0 unspecified atom stereocenters. The Hall–Kier alpha value is -3.07. The minimum atomic E-state index is -0.259. The van der Waals surface area contributed by atoms with E-state index in [0.29, 0.717) is 62.4 Å². The van der Waals surface area contributed by atoms with Gasteiger partial charge in [-0.25, -0.2) is 4.98 Å². The first-order valence-corrected chi connectivity index (χ1v) is 9.72. The summed E-state index contributed by atoms with van der Waals surface area (Å²) in [5, 5.41) is 2.86. The van der Waals surface area contributed by atoms with Gasteiger partial charge in [0.05, 0.1) is 13.2 Å². The lowest BCUT2D eigenvalue weighted by Gasteiger charge is -2.29. The average molecular weight is 400 g/mol. The van der Waals surface area contributed by atoms with Crippen molar-refractivity contribution in [2.45, 2.75) is 26.4 Å². The fourth-order valence-corrected chi connectivity index (χ4v) is 3.33. The molecule has 1 fully saturated rings. The molecule has 1 aromatic heterocycles. The van der Waals surface area contributed by atoms with E-state index in [1.807, 2.05) is 30.0 Å². The van der Waals surface area contributed by atoms with Crippen LogP contribution in [0.25, 0.3) is 0 Å². The summed E-state index contributed by atoms with van der Waals surface area (Å²) in [6.45, 7) is 4.82. The molecule has 3 heterocycles. The topological polar surface area (TPSA) is 94.9 Å². The van der Waals surface area contributed by atoms with Crippen LogP contribution < -0.4 is 25.2 Å². The normalized spacial score (nSPS) is 15.4. The number of fused-ring (bicyclic) bond motifs is 1. The van der Waals surface area contributed by atoms with Crippen LogP contribution in [0.5, 0.6) is 11.5 Å². The lowest BCUT2D eigenvalue weighted by atomic mass is 10.2. The molecule has 2 aliphatic rings. The molecule has 0 spiro atoms. The number of hydrogen-bond donors (Lipinski definition) is 1. The van der Waals surface area contributed by atoms with Gasteiger partial charge in [-0.2, -0.15) is 0 Å². The Morgan fingerprint density at radius 3 is 2.76 bits per heavy atom. The van der Waals surface area contributed by atoms with Crippen molar-refractivity contribution in [2.24, 2.45) is 0 Å². The molecule has 0 saturated carbocycles. The van der Waals surface area contributed by atoms with Gasteiger partial charge >= 0.3 is 0 Å². The van der Waals surface area contributed by atoms with Gasteiger partial charge in [-0.05, 0) is 24.1 Å². The molecule has 0 radical (unpaired) electrons. The van der Waals surface area contributed by atoms with Gasteiger partial charge < -0.3 is 24.4 Å². The second kappa shape index (κ2) is 8.52. The molecular formula is C20H24N4O5. The van der Waals surface area contributed by atoms with Crippen LogP contribution in [0.4, 0.5) is 5.95 Å². The zero-order chi connectivity index (χ0) is 20.2. The Bertz CT molecular complexity index is 952. The predicted octanol–water partition coefficient (Wildman–Crippen LogP) is 0.687. The summed E-state index contributed by atoms with van der Waals surface area (Å²) >= 11 is 0. The Labute approximate surface area is 168 Å². The summed E-state index contributed by atoms with van der Waals surface area (Å²) in [6.07, 6.45) is 0.656. The van der Waals surface area contributed by atoms with Crippen LogP contribution in [0.15, 0.2) is 29.1 Å². The highest BCUT2D eigenvalue weighted by molar-refractivity contribution is 5.76. The molecule has 154 valence electrons. The number of rotatable bonds is 6. The first kappa shape index (κ1) is 19.3. The third-order valence-corrected chi connectivity index (χ3v) is 4.93. The van der Waals surface area contributed by atoms with Crippen LogP contribution in [-0.2, 0) is 29.0 Å². The number of morpholine rings is 1. The molecule has 2 aliphatic heterocycles. The first-order chi connectivity index (χ1) is 14.1. The van der Waals surface area contributed by atoms with Crippen molar-refractivity contribution in [3.05, 3.63) is 45.9 Å². The zero-order valence-corrected chi connectivity index (χ0v) is 16.3. The molecule has 0 atom stereocenters. The van der Waals surface area contributed by atoms with Gasteiger partial charge in [0.1, 0.15) is 6.54 Å². The van der Waals surface area contributed by atoms with E-state index in [9.17, 15) is 9.59 Å². The Morgan fingerprint density at radius 2 is 1.97 bits per heavy atom. The largest absolute Gasteiger partial charge is 0.454 e. The Balaban J connectivity index is 1.47. The fourth-order valence-electron chi connectivity index (χ4n) is 3.33. The molecular weight excluding hydrogens is 376 g/mol. The first-order valence-electron chi connectivity index (χ1n) is 9.72. The smallest absolute Gasteiger partial charge is 0.255 e. The molecule has 1 aromatic carbocycles. The third kappa shape index (κ3) is 4.34. The number of ether oxygens (including phenoxy) is 3. The van der Waals surface area contributed by atoms with Crippen LogP contribution >= 0.6 is 0 Å². The Kier molecular flexibility index (Phi) is 5.66. The second-order valence-electron chi connectivity index (χ2n) is 6.89. The summed E-state index contributed by atoms with van der Waals surface area (Å²) in [4.78, 5) is 31.8. The van der Waals surface area contributed by atoms with Gasteiger partial charge in [0.2, 0.25) is 18.6 Å². The number of benzene rings is 1. The van der Waals surface area contributed by atoms with Crippen molar-refractivity contribution >= 4 is 11.9 Å². The van der Waals surface area contributed by atoms with Gasteiger partial charge in [-0.1, -0.05) is 13.0 Å². The lowest BCUT2D eigenvalue weighted by Crippen LogP contribution is -2.42. The Morgan fingerprint density at radius 1 is 1.17 bits per heavy atom. The van der Waals surface area contributed by atoms with Crippen LogP contribution in [0.1, 0.15) is 18.2 Å². The van der Waals surface area contributed by atoms with E-state index in [1.165, 1.54) is 10.6 Å². The SMILES string of the molecule is CCc1cc(=O)n(CC(=O)NCc2ccc3c(c2)OCO3)c(N2CCOCC2)n1. The third-order valence-electron chi connectivity index (χ3n) is 4.93. The molecule has 1 N–H and O–H groups in total. The molecule has 1 amide bonds. The summed E-state index contributed by atoms with van der Waals surface area (Å²) in [7, 11) is 0. The van der Waals surface area contributed by atoms with E-state index in [1.54, 1.807) is 0 Å². The van der Waals surface area contributed by atoms with E-state index in [4.69, 9.17) is 14.2 Å². The summed E-state index contributed by atoms with van der Waals surface area (Å²) < 4.78 is 17.5. The van der Waals surface area contributed by atoms with Crippen LogP contribution in [-0.4, -0.2) is 48.6 Å². The highest BCUT2D eigenvalue weighted by Gasteiger charge is 2.20. The number of nitrogens with zero attached hydrogens (tertiary/aromatic N) is 3. The van der Waals surface area contributed by atoms with Gasteiger partial charge in [-0.3, -0.25) is 14.2 Å². The number of hydrogen-bond acceptors (Lipinski definition) is 7. The van der Waals surface area contributed by atoms with E-state index in [0.717, 1.165) is 5.56 Å². The van der Waals surface area contributed by atoms with Gasteiger partial charge in [0.25, 0.3) is 5.56 Å². The number of anilines is 1. The molecule has 0 bridgehead atoms. The number of carbonyl (C=O) groups is 1. The molecule has 4 rings (SSSR count). The zero-order valence-electron chi connectivity index (χ0n) is 16.3. The molecule has 9 nitrogen and oxygen atoms in total.